The van der Waals surface area contributed by atoms with E-state index < -0.39 is 5.97 Å². The highest BCUT2D eigenvalue weighted by atomic mass is 32.1. The van der Waals surface area contributed by atoms with Crippen LogP contribution in [0, 0.1) is 11.3 Å². The molecule has 3 aromatic heterocycles. The first-order chi connectivity index (χ1) is 18.1. The first-order valence-electron chi connectivity index (χ1n) is 11.6. The van der Waals surface area contributed by atoms with E-state index in [-0.39, 0.29) is 18.1 Å². The Hall–Kier alpha value is -4.33. The maximum absolute atomic E-state index is 12.2. The molecule has 0 aliphatic carbocycles. The van der Waals surface area contributed by atoms with Crippen LogP contribution in [-0.4, -0.2) is 44.4 Å². The lowest BCUT2D eigenvalue weighted by Crippen LogP contribution is -2.36. The molecule has 0 bridgehead atoms. The van der Waals surface area contributed by atoms with Gasteiger partial charge in [-0.25, -0.2) is 9.78 Å². The molecular weight excluding hydrogens is 492 g/mol. The summed E-state index contributed by atoms with van der Waals surface area (Å²) in [6.45, 7) is 3.05. The minimum Gasteiger partial charge on any atom is -0.472 e. The molecule has 188 valence electrons. The van der Waals surface area contributed by atoms with E-state index in [4.69, 9.17) is 24.4 Å². The number of ether oxygens (including phenoxy) is 3. The predicted octanol–water partition coefficient (Wildman–Crippen LogP) is 4.73. The number of nitrogens with zero attached hydrogens (tertiary/aromatic N) is 3. The van der Waals surface area contributed by atoms with Gasteiger partial charge in [0.05, 0.1) is 38.5 Å². The van der Waals surface area contributed by atoms with Gasteiger partial charge in [-0.2, -0.15) is 5.26 Å². The summed E-state index contributed by atoms with van der Waals surface area (Å²) in [4.78, 5) is 19.5. The second-order valence-corrected chi connectivity index (χ2v) is 9.16. The summed E-state index contributed by atoms with van der Waals surface area (Å²) in [5, 5.41) is 11.7. The highest BCUT2D eigenvalue weighted by Crippen LogP contribution is 2.35. The summed E-state index contributed by atoms with van der Waals surface area (Å²) in [6.07, 6.45) is 3.11. The summed E-state index contributed by atoms with van der Waals surface area (Å²) < 4.78 is 21.6. The van der Waals surface area contributed by atoms with Crippen LogP contribution >= 0.6 is 11.3 Å². The van der Waals surface area contributed by atoms with Gasteiger partial charge in [-0.3, -0.25) is 0 Å². The van der Waals surface area contributed by atoms with Gasteiger partial charge in [0.15, 0.2) is 0 Å². The summed E-state index contributed by atoms with van der Waals surface area (Å²) in [5.74, 6) is -0.364. The number of nitrogen functional groups attached to an aromatic ring is 1. The van der Waals surface area contributed by atoms with E-state index in [1.807, 2.05) is 30.3 Å². The van der Waals surface area contributed by atoms with Gasteiger partial charge in [0.25, 0.3) is 0 Å². The molecule has 1 aliphatic heterocycles. The molecule has 37 heavy (non-hydrogen) atoms. The maximum atomic E-state index is 12.2. The van der Waals surface area contributed by atoms with Gasteiger partial charge in [-0.05, 0) is 24.3 Å². The number of furan rings is 1. The van der Waals surface area contributed by atoms with Crippen molar-refractivity contribution in [3.8, 4) is 34.3 Å². The fraction of sp³-hybridized carbons (Fsp3) is 0.222. The zero-order chi connectivity index (χ0) is 25.8. The zero-order valence-corrected chi connectivity index (χ0v) is 20.9. The first kappa shape index (κ1) is 24.4. The van der Waals surface area contributed by atoms with Crippen molar-refractivity contribution < 1.29 is 23.4 Å². The number of hydrogen-bond acceptors (Lipinski definition) is 10. The fourth-order valence-corrected chi connectivity index (χ4v) is 5.03. The fourth-order valence-electron chi connectivity index (χ4n) is 4.14. The Labute approximate surface area is 217 Å². The number of thiophene rings is 1. The van der Waals surface area contributed by atoms with E-state index in [2.05, 4.69) is 16.0 Å². The third-order valence-electron chi connectivity index (χ3n) is 6.12. The lowest BCUT2D eigenvalue weighted by atomic mass is 10.0. The number of nitrogens with two attached hydrogens (primary N) is 1. The molecule has 5 rings (SSSR count). The molecule has 4 aromatic rings. The molecule has 1 saturated heterocycles. The van der Waals surface area contributed by atoms with Crippen molar-refractivity contribution >= 4 is 28.7 Å². The number of nitriles is 1. The third kappa shape index (κ3) is 5.00. The highest BCUT2D eigenvalue weighted by molar-refractivity contribution is 7.12. The van der Waals surface area contributed by atoms with Crippen LogP contribution in [0.1, 0.15) is 20.8 Å². The number of rotatable bonds is 7. The van der Waals surface area contributed by atoms with Crippen molar-refractivity contribution in [1.29, 1.82) is 5.26 Å². The average Bonchev–Trinajstić information content (AvgIpc) is 3.61. The Bertz CT molecular complexity index is 1430. The molecule has 1 aliphatic rings. The lowest BCUT2D eigenvalue weighted by Gasteiger charge is -2.28. The van der Waals surface area contributed by atoms with Gasteiger partial charge < -0.3 is 29.3 Å². The number of morpholine rings is 1. The molecule has 2 N–H and O–H groups in total. The minimum atomic E-state index is -0.498. The Morgan fingerprint density at radius 2 is 2.00 bits per heavy atom. The van der Waals surface area contributed by atoms with E-state index in [0.29, 0.717) is 40.6 Å². The smallest absolute Gasteiger partial charge is 0.348 e. The topological polar surface area (TPSA) is 124 Å². The van der Waals surface area contributed by atoms with E-state index in [1.54, 1.807) is 24.0 Å². The van der Waals surface area contributed by atoms with Crippen molar-refractivity contribution in [3.63, 3.8) is 0 Å². The van der Waals surface area contributed by atoms with Gasteiger partial charge in [-0.15, -0.1) is 11.3 Å². The van der Waals surface area contributed by atoms with Gasteiger partial charge in [0.2, 0.25) is 5.88 Å². The van der Waals surface area contributed by atoms with E-state index in [9.17, 15) is 10.1 Å². The number of methoxy groups -OCH3 is 1. The summed E-state index contributed by atoms with van der Waals surface area (Å²) >= 11 is 1.18. The molecule has 4 heterocycles. The SMILES string of the molecule is COC(=O)c1scc(N)c1COc1nc(-c2ccc(N3CCOCC3)cc2)cc(-c2ccoc2)c1C#N. The van der Waals surface area contributed by atoms with Crippen LogP contribution in [0.2, 0.25) is 0 Å². The normalized spacial score (nSPS) is 13.2. The van der Waals surface area contributed by atoms with Crippen LogP contribution in [0.5, 0.6) is 5.88 Å². The quantitative estimate of drug-likeness (QED) is 0.347. The van der Waals surface area contributed by atoms with Gasteiger partial charge >= 0.3 is 5.97 Å². The Kier molecular flexibility index (Phi) is 7.07. The average molecular weight is 517 g/mol. The number of pyridine rings is 1. The standard InChI is InChI=1S/C27H24N4O5S/c1-33-27(32)25-22(23(29)16-37-25)15-36-26-21(13-28)20(18-6-9-35-14-18)12-24(30-26)17-2-4-19(5-3-17)31-7-10-34-11-8-31/h2-6,9,12,14,16H,7-8,10-11,15,29H2,1H3. The molecular formula is C27H24N4O5S. The van der Waals surface area contributed by atoms with Crippen molar-refractivity contribution in [2.75, 3.05) is 44.0 Å². The highest BCUT2D eigenvalue weighted by Gasteiger charge is 2.21. The number of anilines is 2. The number of hydrogen-bond donors (Lipinski definition) is 1. The van der Waals surface area contributed by atoms with Crippen LogP contribution < -0.4 is 15.4 Å². The molecule has 0 atom stereocenters. The van der Waals surface area contributed by atoms with Crippen LogP contribution in [0.25, 0.3) is 22.4 Å². The van der Waals surface area contributed by atoms with E-state index >= 15 is 0 Å². The van der Waals surface area contributed by atoms with Crippen molar-refractivity contribution in [2.45, 2.75) is 6.61 Å². The van der Waals surface area contributed by atoms with Crippen LogP contribution in [-0.2, 0) is 16.1 Å². The molecule has 0 amide bonds. The molecule has 0 spiro atoms. The molecule has 0 radical (unpaired) electrons. The number of carbonyl (C=O) groups is 1. The first-order valence-corrected chi connectivity index (χ1v) is 12.4. The van der Waals surface area contributed by atoms with Gasteiger partial charge in [-0.1, -0.05) is 12.1 Å². The monoisotopic (exact) mass is 516 g/mol. The zero-order valence-electron chi connectivity index (χ0n) is 20.1. The summed E-state index contributed by atoms with van der Waals surface area (Å²) in [7, 11) is 1.31. The molecule has 1 fully saturated rings. The van der Waals surface area contributed by atoms with Crippen LogP contribution in [0.3, 0.4) is 0 Å². The Morgan fingerprint density at radius 1 is 1.22 bits per heavy atom. The lowest BCUT2D eigenvalue weighted by molar-refractivity contribution is 0.0603. The van der Waals surface area contributed by atoms with Crippen LogP contribution in [0.15, 0.2) is 58.7 Å². The van der Waals surface area contributed by atoms with Crippen molar-refractivity contribution in [2.24, 2.45) is 0 Å². The Balaban J connectivity index is 1.52. The second kappa shape index (κ2) is 10.7. The Morgan fingerprint density at radius 3 is 2.68 bits per heavy atom. The number of aromatic nitrogens is 1. The summed E-state index contributed by atoms with van der Waals surface area (Å²) in [5.41, 5.74) is 11.2. The molecule has 0 unspecified atom stereocenters. The number of benzene rings is 1. The predicted molar refractivity (Wildman–Crippen MR) is 140 cm³/mol. The molecule has 10 heteroatoms. The second-order valence-electron chi connectivity index (χ2n) is 8.28. The summed E-state index contributed by atoms with van der Waals surface area (Å²) in [6, 6.07) is 13.9. The van der Waals surface area contributed by atoms with Gasteiger partial charge in [0, 0.05) is 52.1 Å². The number of carbonyl (C=O) groups excluding carboxylic acids is 1. The van der Waals surface area contributed by atoms with Crippen molar-refractivity contribution in [1.82, 2.24) is 4.98 Å². The van der Waals surface area contributed by atoms with E-state index in [0.717, 1.165) is 29.9 Å². The van der Waals surface area contributed by atoms with Crippen molar-refractivity contribution in [3.05, 3.63) is 70.3 Å². The molecule has 9 nitrogen and oxygen atoms in total. The van der Waals surface area contributed by atoms with E-state index in [1.165, 1.54) is 18.4 Å². The minimum absolute atomic E-state index is 0.0499. The van der Waals surface area contributed by atoms with Crippen LogP contribution in [0.4, 0.5) is 11.4 Å². The molecule has 0 saturated carbocycles. The third-order valence-corrected chi connectivity index (χ3v) is 7.14. The maximum Gasteiger partial charge on any atom is 0.348 e. The van der Waals surface area contributed by atoms with Gasteiger partial charge in [0.1, 0.15) is 23.1 Å². The number of esters is 1. The molecule has 1 aromatic carbocycles. The largest absolute Gasteiger partial charge is 0.472 e.